The predicted octanol–water partition coefficient (Wildman–Crippen LogP) is 2.91. The van der Waals surface area contributed by atoms with Gasteiger partial charge in [-0.3, -0.25) is 9.89 Å². The van der Waals surface area contributed by atoms with Crippen LogP contribution in [-0.2, 0) is 0 Å². The Balaban J connectivity index is 1.76. The van der Waals surface area contributed by atoms with Gasteiger partial charge in [0.25, 0.3) is 5.91 Å². The molecule has 1 aromatic heterocycles. The highest BCUT2D eigenvalue weighted by Crippen LogP contribution is 2.21. The summed E-state index contributed by atoms with van der Waals surface area (Å²) in [5.41, 5.74) is 9.16. The Morgan fingerprint density at radius 1 is 1.00 bits per heavy atom. The van der Waals surface area contributed by atoms with Crippen molar-refractivity contribution in [1.29, 1.82) is 0 Å². The summed E-state index contributed by atoms with van der Waals surface area (Å²) in [6.45, 7) is 0. The van der Waals surface area contributed by atoms with E-state index in [1.165, 1.54) is 6.20 Å². The summed E-state index contributed by atoms with van der Waals surface area (Å²) in [7, 11) is 0. The van der Waals surface area contributed by atoms with Crippen LogP contribution in [0.15, 0.2) is 60.8 Å². The number of aromatic nitrogens is 2. The Bertz CT molecular complexity index is 747. The molecule has 3 aromatic rings. The maximum absolute atomic E-state index is 12.0. The number of rotatable bonds is 3. The molecule has 5 nitrogen and oxygen atoms in total. The number of benzene rings is 2. The average Bonchev–Trinajstić information content (AvgIpc) is 2.95. The zero-order valence-corrected chi connectivity index (χ0v) is 11.2. The smallest absolute Gasteiger partial charge is 0.275 e. The summed E-state index contributed by atoms with van der Waals surface area (Å²) in [6, 6.07) is 17.7. The Kier molecular flexibility index (Phi) is 3.39. The lowest BCUT2D eigenvalue weighted by Crippen LogP contribution is -2.14. The Morgan fingerprint density at radius 3 is 2.29 bits per heavy atom. The van der Waals surface area contributed by atoms with Crippen molar-refractivity contribution in [2.24, 2.45) is 0 Å². The molecular weight excluding hydrogens is 264 g/mol. The number of anilines is 2. The van der Waals surface area contributed by atoms with E-state index < -0.39 is 0 Å². The van der Waals surface area contributed by atoms with Gasteiger partial charge in [0.1, 0.15) is 5.69 Å². The van der Waals surface area contributed by atoms with Crippen molar-refractivity contribution in [3.05, 3.63) is 66.5 Å². The number of nitrogen functional groups attached to an aromatic ring is 1. The summed E-state index contributed by atoms with van der Waals surface area (Å²) in [6.07, 6.45) is 1.41. The van der Waals surface area contributed by atoms with Crippen LogP contribution in [0.2, 0.25) is 0 Å². The number of nitrogens with two attached hydrogens (primary N) is 1. The fourth-order valence-electron chi connectivity index (χ4n) is 2.05. The van der Waals surface area contributed by atoms with Gasteiger partial charge in [-0.1, -0.05) is 42.5 Å². The van der Waals surface area contributed by atoms with Gasteiger partial charge in [-0.25, -0.2) is 0 Å². The highest BCUT2D eigenvalue weighted by atomic mass is 16.1. The first kappa shape index (κ1) is 12.9. The van der Waals surface area contributed by atoms with Gasteiger partial charge >= 0.3 is 0 Å². The monoisotopic (exact) mass is 278 g/mol. The molecule has 0 unspecified atom stereocenters. The van der Waals surface area contributed by atoms with Crippen LogP contribution in [0.25, 0.3) is 11.1 Å². The minimum atomic E-state index is -0.308. The molecule has 0 radical (unpaired) electrons. The standard InChI is InChI=1S/C16H14N4O/c17-14-10-18-20-15(14)16(21)19-13-8-6-12(7-9-13)11-4-2-1-3-5-11/h1-10H,17H2,(H,18,20)(H,19,21). The molecular formula is C16H14N4O. The van der Waals surface area contributed by atoms with E-state index in [1.807, 2.05) is 54.6 Å². The fraction of sp³-hybridized carbons (Fsp3) is 0. The zero-order valence-electron chi connectivity index (χ0n) is 11.2. The van der Waals surface area contributed by atoms with Crippen molar-refractivity contribution in [3.8, 4) is 11.1 Å². The van der Waals surface area contributed by atoms with E-state index in [4.69, 9.17) is 5.73 Å². The number of aromatic amines is 1. The lowest BCUT2D eigenvalue weighted by atomic mass is 10.1. The molecule has 0 saturated carbocycles. The molecule has 0 saturated heterocycles. The van der Waals surface area contributed by atoms with Gasteiger partial charge in [0.2, 0.25) is 0 Å². The van der Waals surface area contributed by atoms with Crippen LogP contribution < -0.4 is 11.1 Å². The van der Waals surface area contributed by atoms with Crippen molar-refractivity contribution < 1.29 is 4.79 Å². The van der Waals surface area contributed by atoms with Crippen LogP contribution in [-0.4, -0.2) is 16.1 Å². The van der Waals surface area contributed by atoms with E-state index in [1.54, 1.807) is 0 Å². The minimum absolute atomic E-state index is 0.266. The maximum atomic E-state index is 12.0. The number of nitrogens with one attached hydrogen (secondary N) is 2. The van der Waals surface area contributed by atoms with Crippen LogP contribution in [0.5, 0.6) is 0 Å². The van der Waals surface area contributed by atoms with Crippen molar-refractivity contribution >= 4 is 17.3 Å². The van der Waals surface area contributed by atoms with Gasteiger partial charge in [-0.05, 0) is 23.3 Å². The van der Waals surface area contributed by atoms with Crippen molar-refractivity contribution in [1.82, 2.24) is 10.2 Å². The van der Waals surface area contributed by atoms with Gasteiger partial charge < -0.3 is 11.1 Å². The second-order valence-corrected chi connectivity index (χ2v) is 4.60. The molecule has 2 aromatic carbocycles. The van der Waals surface area contributed by atoms with E-state index >= 15 is 0 Å². The van der Waals surface area contributed by atoms with E-state index in [0.717, 1.165) is 11.1 Å². The number of hydrogen-bond acceptors (Lipinski definition) is 3. The summed E-state index contributed by atoms with van der Waals surface area (Å²) < 4.78 is 0. The Labute approximate surface area is 121 Å². The molecule has 0 aliphatic heterocycles. The maximum Gasteiger partial charge on any atom is 0.275 e. The quantitative estimate of drug-likeness (QED) is 0.688. The van der Waals surface area contributed by atoms with Crippen LogP contribution in [0.4, 0.5) is 11.4 Å². The molecule has 4 N–H and O–H groups in total. The first-order valence-electron chi connectivity index (χ1n) is 6.50. The normalized spacial score (nSPS) is 10.3. The minimum Gasteiger partial charge on any atom is -0.396 e. The molecule has 0 atom stereocenters. The molecule has 0 aliphatic carbocycles. The molecule has 3 rings (SSSR count). The van der Waals surface area contributed by atoms with Gasteiger partial charge in [0.05, 0.1) is 11.9 Å². The number of carbonyl (C=O) groups excluding carboxylic acids is 1. The second-order valence-electron chi connectivity index (χ2n) is 4.60. The molecule has 0 aliphatic rings. The summed E-state index contributed by atoms with van der Waals surface area (Å²) in [5.74, 6) is -0.308. The Morgan fingerprint density at radius 2 is 1.67 bits per heavy atom. The summed E-state index contributed by atoms with van der Waals surface area (Å²) in [5, 5.41) is 9.08. The van der Waals surface area contributed by atoms with Crippen molar-refractivity contribution in [2.45, 2.75) is 0 Å². The average molecular weight is 278 g/mol. The molecule has 21 heavy (non-hydrogen) atoms. The molecule has 0 fully saturated rings. The van der Waals surface area contributed by atoms with Crippen molar-refractivity contribution in [2.75, 3.05) is 11.1 Å². The third kappa shape index (κ3) is 2.76. The molecule has 104 valence electrons. The third-order valence-corrected chi connectivity index (χ3v) is 3.15. The largest absolute Gasteiger partial charge is 0.396 e. The number of carbonyl (C=O) groups is 1. The van der Waals surface area contributed by atoms with Crippen molar-refractivity contribution in [3.63, 3.8) is 0 Å². The third-order valence-electron chi connectivity index (χ3n) is 3.15. The van der Waals surface area contributed by atoms with Crippen LogP contribution >= 0.6 is 0 Å². The van der Waals surface area contributed by atoms with Gasteiger partial charge in [0.15, 0.2) is 0 Å². The van der Waals surface area contributed by atoms with E-state index in [2.05, 4.69) is 15.5 Å². The van der Waals surface area contributed by atoms with Crippen LogP contribution in [0, 0.1) is 0 Å². The summed E-state index contributed by atoms with van der Waals surface area (Å²) in [4.78, 5) is 12.0. The molecule has 5 heteroatoms. The van der Waals surface area contributed by atoms with Gasteiger partial charge in [-0.15, -0.1) is 0 Å². The zero-order chi connectivity index (χ0) is 14.7. The molecule has 0 bridgehead atoms. The lowest BCUT2D eigenvalue weighted by molar-refractivity contribution is 0.102. The molecule has 1 heterocycles. The number of hydrogen-bond donors (Lipinski definition) is 3. The second kappa shape index (κ2) is 5.50. The lowest BCUT2D eigenvalue weighted by Gasteiger charge is -2.06. The highest BCUT2D eigenvalue weighted by Gasteiger charge is 2.11. The van der Waals surface area contributed by atoms with Gasteiger partial charge in [-0.2, -0.15) is 5.10 Å². The van der Waals surface area contributed by atoms with Gasteiger partial charge in [0, 0.05) is 5.69 Å². The fourth-order valence-corrected chi connectivity index (χ4v) is 2.05. The SMILES string of the molecule is Nc1cn[nH]c1C(=O)Nc1ccc(-c2ccccc2)cc1. The van der Waals surface area contributed by atoms with E-state index in [0.29, 0.717) is 11.4 Å². The molecule has 1 amide bonds. The highest BCUT2D eigenvalue weighted by molar-refractivity contribution is 6.06. The van der Waals surface area contributed by atoms with E-state index in [9.17, 15) is 4.79 Å². The topological polar surface area (TPSA) is 83.8 Å². The number of amides is 1. The summed E-state index contributed by atoms with van der Waals surface area (Å²) >= 11 is 0. The van der Waals surface area contributed by atoms with E-state index in [-0.39, 0.29) is 11.6 Å². The van der Waals surface area contributed by atoms with Crippen LogP contribution in [0.3, 0.4) is 0 Å². The predicted molar refractivity (Wildman–Crippen MR) is 82.8 cm³/mol. The first-order chi connectivity index (χ1) is 10.2. The number of H-pyrrole nitrogens is 1. The Hall–Kier alpha value is -3.08. The molecule has 0 spiro atoms. The first-order valence-corrected chi connectivity index (χ1v) is 6.50. The van der Waals surface area contributed by atoms with Crippen LogP contribution in [0.1, 0.15) is 10.5 Å². The number of nitrogens with zero attached hydrogens (tertiary/aromatic N) is 1.